The van der Waals surface area contributed by atoms with Crippen LogP contribution in [0, 0.1) is 12.8 Å². The van der Waals surface area contributed by atoms with Crippen LogP contribution in [0.2, 0.25) is 0 Å². The first kappa shape index (κ1) is 13.7. The molecule has 1 aromatic rings. The number of nitrogens with one attached hydrogen (secondary N) is 1. The van der Waals surface area contributed by atoms with Crippen LogP contribution in [0.15, 0.2) is 22.7 Å². The zero-order valence-electron chi connectivity index (χ0n) is 9.55. The lowest BCUT2D eigenvalue weighted by molar-refractivity contribution is -0.116. The van der Waals surface area contributed by atoms with Crippen LogP contribution < -0.4 is 5.32 Å². The third-order valence-corrected chi connectivity index (χ3v) is 4.60. The van der Waals surface area contributed by atoms with Gasteiger partial charge in [0.05, 0.1) is 4.83 Å². The average molecular weight is 349 g/mol. The largest absolute Gasteiger partial charge is 0.325 e. The van der Waals surface area contributed by atoms with E-state index in [4.69, 9.17) is 0 Å². The van der Waals surface area contributed by atoms with Crippen molar-refractivity contribution in [2.75, 3.05) is 5.32 Å². The molecule has 0 saturated heterocycles. The average Bonchev–Trinajstić information content (AvgIpc) is 2.22. The molecule has 1 rings (SSSR count). The Hall–Kier alpha value is -0.350. The van der Waals surface area contributed by atoms with E-state index in [2.05, 4.69) is 37.2 Å². The maximum Gasteiger partial charge on any atom is 0.238 e. The Balaban J connectivity index is 2.74. The van der Waals surface area contributed by atoms with Crippen LogP contribution >= 0.6 is 31.9 Å². The van der Waals surface area contributed by atoms with Crippen molar-refractivity contribution in [3.8, 4) is 0 Å². The van der Waals surface area contributed by atoms with Crippen LogP contribution in [0.25, 0.3) is 0 Å². The lowest BCUT2D eigenvalue weighted by Crippen LogP contribution is -2.26. The minimum atomic E-state index is -0.160. The molecule has 0 spiro atoms. The molecule has 0 bridgehead atoms. The van der Waals surface area contributed by atoms with E-state index in [1.807, 2.05) is 39.0 Å². The molecule has 1 amide bonds. The number of hydrogen-bond donors (Lipinski definition) is 1. The number of halogens is 2. The van der Waals surface area contributed by atoms with E-state index in [1.54, 1.807) is 0 Å². The Bertz CT molecular complexity index is 391. The monoisotopic (exact) mass is 347 g/mol. The summed E-state index contributed by atoms with van der Waals surface area (Å²) < 4.78 is 1.00. The summed E-state index contributed by atoms with van der Waals surface area (Å²) in [6.45, 7) is 6.02. The molecule has 0 saturated carbocycles. The highest BCUT2D eigenvalue weighted by molar-refractivity contribution is 9.10. The molecule has 1 N–H and O–H groups in total. The van der Waals surface area contributed by atoms with Gasteiger partial charge in [-0.05, 0) is 30.5 Å². The highest BCUT2D eigenvalue weighted by Gasteiger charge is 2.18. The summed E-state index contributed by atoms with van der Waals surface area (Å²) in [7, 11) is 0. The molecule has 0 aromatic heterocycles. The number of carbonyl (C=O) groups is 1. The SMILES string of the molecule is Cc1ccc(NC(=O)C(Br)C(C)C)cc1Br. The number of aryl methyl sites for hydroxylation is 1. The first-order valence-electron chi connectivity index (χ1n) is 5.13. The van der Waals surface area contributed by atoms with Gasteiger partial charge in [0.25, 0.3) is 0 Å². The van der Waals surface area contributed by atoms with Crippen LogP contribution in [0.5, 0.6) is 0 Å². The number of anilines is 1. The molecule has 4 heteroatoms. The molecule has 16 heavy (non-hydrogen) atoms. The van der Waals surface area contributed by atoms with Crippen LogP contribution in [0.4, 0.5) is 5.69 Å². The van der Waals surface area contributed by atoms with Crippen molar-refractivity contribution in [2.24, 2.45) is 5.92 Å². The van der Waals surface area contributed by atoms with Crippen molar-refractivity contribution >= 4 is 43.5 Å². The fourth-order valence-corrected chi connectivity index (χ4v) is 1.68. The summed E-state index contributed by atoms with van der Waals surface area (Å²) in [4.78, 5) is 11.6. The first-order valence-corrected chi connectivity index (χ1v) is 6.83. The van der Waals surface area contributed by atoms with Gasteiger partial charge in [0, 0.05) is 10.2 Å². The summed E-state index contributed by atoms with van der Waals surface area (Å²) in [5.41, 5.74) is 1.96. The van der Waals surface area contributed by atoms with Crippen molar-refractivity contribution in [2.45, 2.75) is 25.6 Å². The Labute approximate surface area is 113 Å². The van der Waals surface area contributed by atoms with E-state index >= 15 is 0 Å². The van der Waals surface area contributed by atoms with Gasteiger partial charge in [0.2, 0.25) is 5.91 Å². The Kier molecular flexibility index (Phi) is 4.99. The zero-order valence-corrected chi connectivity index (χ0v) is 12.7. The number of hydrogen-bond acceptors (Lipinski definition) is 1. The normalized spacial score (nSPS) is 12.6. The predicted molar refractivity (Wildman–Crippen MR) is 75.1 cm³/mol. The van der Waals surface area contributed by atoms with E-state index in [0.29, 0.717) is 0 Å². The Morgan fingerprint density at radius 2 is 2.00 bits per heavy atom. The standard InChI is InChI=1S/C12H15Br2NO/c1-7(2)11(14)12(16)15-9-5-4-8(3)10(13)6-9/h4-7,11H,1-3H3,(H,15,16). The fourth-order valence-electron chi connectivity index (χ4n) is 1.18. The summed E-state index contributed by atoms with van der Waals surface area (Å²) in [6.07, 6.45) is 0. The van der Waals surface area contributed by atoms with Crippen molar-refractivity contribution in [1.29, 1.82) is 0 Å². The molecular formula is C12H15Br2NO. The van der Waals surface area contributed by atoms with E-state index in [9.17, 15) is 4.79 Å². The lowest BCUT2D eigenvalue weighted by Gasteiger charge is -2.14. The van der Waals surface area contributed by atoms with Crippen LogP contribution in [-0.4, -0.2) is 10.7 Å². The fraction of sp³-hybridized carbons (Fsp3) is 0.417. The number of amides is 1. The second-order valence-corrected chi connectivity index (χ2v) is 5.94. The minimum Gasteiger partial charge on any atom is -0.325 e. The van der Waals surface area contributed by atoms with Crippen molar-refractivity contribution in [1.82, 2.24) is 0 Å². The molecule has 2 nitrogen and oxygen atoms in total. The van der Waals surface area contributed by atoms with Gasteiger partial charge in [0.1, 0.15) is 0 Å². The van der Waals surface area contributed by atoms with Gasteiger partial charge in [-0.15, -0.1) is 0 Å². The second kappa shape index (κ2) is 5.82. The highest BCUT2D eigenvalue weighted by atomic mass is 79.9. The van der Waals surface area contributed by atoms with Crippen molar-refractivity contribution in [3.63, 3.8) is 0 Å². The molecule has 88 valence electrons. The van der Waals surface area contributed by atoms with E-state index < -0.39 is 0 Å². The van der Waals surface area contributed by atoms with Gasteiger partial charge in [-0.2, -0.15) is 0 Å². The van der Waals surface area contributed by atoms with Gasteiger partial charge in [0.15, 0.2) is 0 Å². The van der Waals surface area contributed by atoms with Gasteiger partial charge < -0.3 is 5.32 Å². The van der Waals surface area contributed by atoms with Gasteiger partial charge in [-0.25, -0.2) is 0 Å². The van der Waals surface area contributed by atoms with Crippen molar-refractivity contribution < 1.29 is 4.79 Å². The molecule has 1 aromatic carbocycles. The number of carbonyl (C=O) groups excluding carboxylic acids is 1. The third-order valence-electron chi connectivity index (χ3n) is 2.28. The maximum absolute atomic E-state index is 11.8. The second-order valence-electron chi connectivity index (χ2n) is 4.10. The van der Waals surface area contributed by atoms with Gasteiger partial charge >= 0.3 is 0 Å². The molecule has 0 fully saturated rings. The van der Waals surface area contributed by atoms with Crippen LogP contribution in [0.1, 0.15) is 19.4 Å². The quantitative estimate of drug-likeness (QED) is 0.818. The van der Waals surface area contributed by atoms with Gasteiger partial charge in [-0.1, -0.05) is 51.8 Å². The van der Waals surface area contributed by atoms with Crippen molar-refractivity contribution in [3.05, 3.63) is 28.2 Å². The summed E-state index contributed by atoms with van der Waals surface area (Å²) in [5, 5.41) is 2.88. The minimum absolute atomic E-state index is 0.00856. The summed E-state index contributed by atoms with van der Waals surface area (Å²) in [6, 6.07) is 5.78. The number of rotatable bonds is 3. The van der Waals surface area contributed by atoms with E-state index in [0.717, 1.165) is 15.7 Å². The number of benzene rings is 1. The molecule has 1 atom stereocenters. The van der Waals surface area contributed by atoms with Crippen LogP contribution in [-0.2, 0) is 4.79 Å². The van der Waals surface area contributed by atoms with E-state index in [1.165, 1.54) is 0 Å². The zero-order chi connectivity index (χ0) is 12.3. The smallest absolute Gasteiger partial charge is 0.238 e. The molecule has 0 aliphatic heterocycles. The molecule has 0 aliphatic rings. The Morgan fingerprint density at radius 3 is 2.50 bits per heavy atom. The summed E-state index contributed by atoms with van der Waals surface area (Å²) >= 11 is 6.81. The Morgan fingerprint density at radius 1 is 1.38 bits per heavy atom. The highest BCUT2D eigenvalue weighted by Crippen LogP contribution is 2.22. The molecule has 0 aliphatic carbocycles. The molecule has 0 heterocycles. The van der Waals surface area contributed by atoms with Gasteiger partial charge in [-0.3, -0.25) is 4.79 Å². The first-order chi connectivity index (χ1) is 7.41. The van der Waals surface area contributed by atoms with E-state index in [-0.39, 0.29) is 16.7 Å². The molecule has 0 radical (unpaired) electrons. The topological polar surface area (TPSA) is 29.1 Å². The third kappa shape index (κ3) is 3.59. The maximum atomic E-state index is 11.8. The van der Waals surface area contributed by atoms with Crippen LogP contribution in [0.3, 0.4) is 0 Å². The predicted octanol–water partition coefficient (Wildman–Crippen LogP) is 4.12. The molecule has 1 unspecified atom stereocenters. The number of alkyl halides is 1. The molecular weight excluding hydrogens is 334 g/mol. The summed E-state index contributed by atoms with van der Waals surface area (Å²) in [5.74, 6) is 0.264. The lowest BCUT2D eigenvalue weighted by atomic mass is 10.1.